The summed E-state index contributed by atoms with van der Waals surface area (Å²) >= 11 is 0. The Morgan fingerprint density at radius 2 is 1.85 bits per heavy atom. The minimum absolute atomic E-state index is 0.111. The minimum Gasteiger partial charge on any atom is -0.333 e. The highest BCUT2D eigenvalue weighted by atomic mass is 19.2. The van der Waals surface area contributed by atoms with E-state index in [1.165, 1.54) is 17.7 Å². The van der Waals surface area contributed by atoms with Crippen LogP contribution in [0, 0.1) is 23.4 Å². The van der Waals surface area contributed by atoms with E-state index >= 15 is 0 Å². The molecule has 7 heteroatoms. The molecule has 1 saturated carbocycles. The molecule has 1 aliphatic carbocycles. The average Bonchev–Trinajstić information content (AvgIpc) is 3.13. The number of nitrogens with one attached hydrogen (secondary N) is 1. The quantitative estimate of drug-likeness (QED) is 0.696. The van der Waals surface area contributed by atoms with Gasteiger partial charge in [-0.1, -0.05) is 32.6 Å². The van der Waals surface area contributed by atoms with Crippen LogP contribution in [0.4, 0.5) is 18.9 Å². The zero-order chi connectivity index (χ0) is 19.1. The molecule has 0 aliphatic heterocycles. The summed E-state index contributed by atoms with van der Waals surface area (Å²) in [6.07, 6.45) is 6.60. The Bertz CT molecular complexity index is 646. The Kier molecular flexibility index (Phi) is 7.48. The van der Waals surface area contributed by atoms with Crippen LogP contribution in [0.2, 0.25) is 0 Å². The fraction of sp³-hybridized carbons (Fsp3) is 0.579. The molecule has 2 rings (SSSR count). The van der Waals surface area contributed by atoms with Crippen molar-refractivity contribution in [2.45, 2.75) is 51.9 Å². The van der Waals surface area contributed by atoms with Gasteiger partial charge in [-0.2, -0.15) is 0 Å². The Hall–Kier alpha value is -2.05. The number of hydrogen-bond acceptors (Lipinski definition) is 2. The fourth-order valence-electron chi connectivity index (χ4n) is 3.33. The summed E-state index contributed by atoms with van der Waals surface area (Å²) in [5, 5.41) is 2.20. The van der Waals surface area contributed by atoms with Crippen LogP contribution in [0.5, 0.6) is 0 Å². The minimum atomic E-state index is -1.64. The molecule has 26 heavy (non-hydrogen) atoms. The first-order chi connectivity index (χ1) is 12.4. The molecule has 2 amide bonds. The van der Waals surface area contributed by atoms with Crippen molar-refractivity contribution >= 4 is 17.5 Å². The van der Waals surface area contributed by atoms with Crippen LogP contribution in [0.1, 0.15) is 51.9 Å². The van der Waals surface area contributed by atoms with Crippen LogP contribution in [0.3, 0.4) is 0 Å². The second kappa shape index (κ2) is 9.59. The molecule has 0 radical (unpaired) electrons. The Morgan fingerprint density at radius 3 is 2.50 bits per heavy atom. The molecular formula is C19H25F3N2O2. The lowest BCUT2D eigenvalue weighted by Gasteiger charge is -2.22. The van der Waals surface area contributed by atoms with Crippen molar-refractivity contribution in [2.75, 3.05) is 18.4 Å². The Morgan fingerprint density at radius 1 is 1.15 bits per heavy atom. The van der Waals surface area contributed by atoms with Crippen LogP contribution in [0.15, 0.2) is 12.1 Å². The van der Waals surface area contributed by atoms with E-state index in [2.05, 4.69) is 5.32 Å². The molecule has 1 aliphatic rings. The lowest BCUT2D eigenvalue weighted by atomic mass is 10.0. The molecule has 0 saturated heterocycles. The lowest BCUT2D eigenvalue weighted by molar-refractivity contribution is -0.135. The van der Waals surface area contributed by atoms with Gasteiger partial charge in [-0.3, -0.25) is 9.59 Å². The van der Waals surface area contributed by atoms with Crippen molar-refractivity contribution in [3.05, 3.63) is 29.6 Å². The van der Waals surface area contributed by atoms with E-state index in [1.807, 2.05) is 6.92 Å². The SMILES string of the molecule is CCCN(CC(=O)Nc1ccc(F)c(F)c1F)C(=O)CCC1CCCC1. The van der Waals surface area contributed by atoms with E-state index < -0.39 is 29.0 Å². The van der Waals surface area contributed by atoms with Gasteiger partial charge in [-0.15, -0.1) is 0 Å². The van der Waals surface area contributed by atoms with E-state index in [4.69, 9.17) is 0 Å². The summed E-state index contributed by atoms with van der Waals surface area (Å²) in [5.41, 5.74) is -0.441. The molecular weight excluding hydrogens is 345 g/mol. The summed E-state index contributed by atoms with van der Waals surface area (Å²) in [6, 6.07) is 1.70. The highest BCUT2D eigenvalue weighted by molar-refractivity contribution is 5.94. The standard InChI is InChI=1S/C19H25F3N2O2/c1-2-11-24(17(26)10-7-13-5-3-4-6-13)12-16(25)23-15-9-8-14(20)18(21)19(15)22/h8-9,13H,2-7,10-12H2,1H3,(H,23,25). The van der Waals surface area contributed by atoms with Crippen molar-refractivity contribution in [1.29, 1.82) is 0 Å². The van der Waals surface area contributed by atoms with Crippen LogP contribution in [-0.2, 0) is 9.59 Å². The highest BCUT2D eigenvalue weighted by Crippen LogP contribution is 2.28. The predicted molar refractivity (Wildman–Crippen MR) is 93.0 cm³/mol. The Balaban J connectivity index is 1.92. The normalized spacial score (nSPS) is 14.5. The number of nitrogens with zero attached hydrogens (tertiary/aromatic N) is 1. The van der Waals surface area contributed by atoms with Gasteiger partial charge in [0, 0.05) is 13.0 Å². The number of carbonyl (C=O) groups excluding carboxylic acids is 2. The summed E-state index contributed by atoms with van der Waals surface area (Å²) < 4.78 is 39.8. The molecule has 0 aromatic heterocycles. The van der Waals surface area contributed by atoms with Crippen LogP contribution in [0.25, 0.3) is 0 Å². The van der Waals surface area contributed by atoms with Gasteiger partial charge in [-0.05, 0) is 30.9 Å². The molecule has 1 aromatic carbocycles. The van der Waals surface area contributed by atoms with Gasteiger partial charge in [0.1, 0.15) is 0 Å². The van der Waals surface area contributed by atoms with Gasteiger partial charge in [0.2, 0.25) is 11.8 Å². The number of hydrogen-bond donors (Lipinski definition) is 1. The molecule has 0 atom stereocenters. The molecule has 144 valence electrons. The molecule has 1 N–H and O–H groups in total. The van der Waals surface area contributed by atoms with Gasteiger partial charge in [0.15, 0.2) is 17.5 Å². The largest absolute Gasteiger partial charge is 0.333 e. The second-order valence-electron chi connectivity index (χ2n) is 6.78. The molecule has 0 heterocycles. The van der Waals surface area contributed by atoms with Gasteiger partial charge in [0.25, 0.3) is 0 Å². The molecule has 1 fully saturated rings. The van der Waals surface area contributed by atoms with Crippen LogP contribution in [-0.4, -0.2) is 29.8 Å². The maximum absolute atomic E-state index is 13.7. The monoisotopic (exact) mass is 370 g/mol. The zero-order valence-electron chi connectivity index (χ0n) is 15.0. The molecule has 0 spiro atoms. The maximum atomic E-state index is 13.7. The predicted octanol–water partition coefficient (Wildman–Crippen LogP) is 4.25. The van der Waals surface area contributed by atoms with Gasteiger partial charge >= 0.3 is 0 Å². The first kappa shape index (κ1) is 20.3. The first-order valence-electron chi connectivity index (χ1n) is 9.13. The smallest absolute Gasteiger partial charge is 0.244 e. The number of amides is 2. The number of rotatable bonds is 8. The highest BCUT2D eigenvalue weighted by Gasteiger charge is 2.21. The Labute approximate surface area is 151 Å². The van der Waals surface area contributed by atoms with Gasteiger partial charge in [-0.25, -0.2) is 13.2 Å². The van der Waals surface area contributed by atoms with E-state index in [0.29, 0.717) is 25.3 Å². The van der Waals surface area contributed by atoms with Crippen molar-refractivity contribution in [3.63, 3.8) is 0 Å². The third-order valence-electron chi connectivity index (χ3n) is 4.73. The summed E-state index contributed by atoms with van der Waals surface area (Å²) in [6.45, 7) is 2.07. The number of halogens is 3. The van der Waals surface area contributed by atoms with Crippen molar-refractivity contribution in [1.82, 2.24) is 4.90 Å². The maximum Gasteiger partial charge on any atom is 0.244 e. The van der Waals surface area contributed by atoms with Crippen molar-refractivity contribution < 1.29 is 22.8 Å². The van der Waals surface area contributed by atoms with Crippen LogP contribution >= 0.6 is 0 Å². The van der Waals surface area contributed by atoms with Gasteiger partial charge in [0.05, 0.1) is 12.2 Å². The third kappa shape index (κ3) is 5.47. The molecule has 1 aromatic rings. The van der Waals surface area contributed by atoms with E-state index in [-0.39, 0.29) is 12.5 Å². The van der Waals surface area contributed by atoms with E-state index in [0.717, 1.165) is 31.4 Å². The third-order valence-corrected chi connectivity index (χ3v) is 4.73. The zero-order valence-corrected chi connectivity index (χ0v) is 15.0. The van der Waals surface area contributed by atoms with Crippen molar-refractivity contribution in [2.24, 2.45) is 5.92 Å². The number of carbonyl (C=O) groups is 2. The van der Waals surface area contributed by atoms with Crippen molar-refractivity contribution in [3.8, 4) is 0 Å². The lowest BCUT2D eigenvalue weighted by Crippen LogP contribution is -2.38. The number of anilines is 1. The molecule has 0 bridgehead atoms. The van der Waals surface area contributed by atoms with Crippen LogP contribution < -0.4 is 5.32 Å². The summed E-state index contributed by atoms with van der Waals surface area (Å²) in [4.78, 5) is 26.0. The topological polar surface area (TPSA) is 49.4 Å². The molecule has 0 unspecified atom stereocenters. The number of benzene rings is 1. The summed E-state index contributed by atoms with van der Waals surface area (Å²) in [7, 11) is 0. The fourth-order valence-corrected chi connectivity index (χ4v) is 3.33. The second-order valence-corrected chi connectivity index (χ2v) is 6.78. The summed E-state index contributed by atoms with van der Waals surface area (Å²) in [5.74, 6) is -4.59. The van der Waals surface area contributed by atoms with E-state index in [1.54, 1.807) is 0 Å². The first-order valence-corrected chi connectivity index (χ1v) is 9.13. The average molecular weight is 370 g/mol. The molecule has 4 nitrogen and oxygen atoms in total. The van der Waals surface area contributed by atoms with E-state index in [9.17, 15) is 22.8 Å². The van der Waals surface area contributed by atoms with Gasteiger partial charge < -0.3 is 10.2 Å².